The molecule has 0 amide bonds. The molecule has 0 saturated carbocycles. The van der Waals surface area contributed by atoms with Crippen molar-refractivity contribution in [2.24, 2.45) is 5.73 Å². The largest absolute Gasteiger partial charge is 0.324 e. The van der Waals surface area contributed by atoms with Crippen molar-refractivity contribution in [3.8, 4) is 11.3 Å². The molecule has 1 unspecified atom stereocenters. The van der Waals surface area contributed by atoms with Gasteiger partial charge < -0.3 is 5.73 Å². The van der Waals surface area contributed by atoms with E-state index in [-0.39, 0.29) is 6.04 Å². The van der Waals surface area contributed by atoms with Crippen LogP contribution in [0.1, 0.15) is 16.6 Å². The number of rotatable bonds is 4. The number of hydrogen-bond donors (Lipinski definition) is 1. The summed E-state index contributed by atoms with van der Waals surface area (Å²) >= 11 is 5.11. The van der Waals surface area contributed by atoms with E-state index in [0.717, 1.165) is 32.7 Å². The molecule has 106 valence electrons. The topological polar surface area (TPSA) is 38.9 Å². The molecule has 0 fully saturated rings. The molecular weight excluding hydrogens is 344 g/mol. The maximum absolute atomic E-state index is 6.28. The molecule has 1 heterocycles. The van der Waals surface area contributed by atoms with E-state index in [9.17, 15) is 0 Å². The fourth-order valence-electron chi connectivity index (χ4n) is 2.16. The lowest BCUT2D eigenvalue weighted by molar-refractivity contribution is 0.718. The summed E-state index contributed by atoms with van der Waals surface area (Å²) in [6.45, 7) is 0. The number of halogens is 1. The molecule has 2 N–H and O–H groups in total. The van der Waals surface area contributed by atoms with Gasteiger partial charge in [-0.05, 0) is 17.7 Å². The number of benzene rings is 2. The lowest BCUT2D eigenvalue weighted by atomic mass is 10.1. The Labute approximate surface area is 136 Å². The van der Waals surface area contributed by atoms with Crippen LogP contribution in [0.15, 0.2) is 64.5 Å². The number of hydrogen-bond acceptors (Lipinski definition) is 3. The predicted molar refractivity (Wildman–Crippen MR) is 92.3 cm³/mol. The van der Waals surface area contributed by atoms with Crippen LogP contribution >= 0.6 is 27.3 Å². The molecule has 0 aliphatic heterocycles. The van der Waals surface area contributed by atoms with Gasteiger partial charge in [0.25, 0.3) is 0 Å². The normalized spacial score (nSPS) is 12.3. The Hall–Kier alpha value is -1.49. The first-order valence-corrected chi connectivity index (χ1v) is 8.40. The maximum Gasteiger partial charge on any atom is 0.0951 e. The van der Waals surface area contributed by atoms with Crippen LogP contribution in [0.2, 0.25) is 0 Å². The third-order valence-electron chi connectivity index (χ3n) is 3.31. The highest BCUT2D eigenvalue weighted by Crippen LogP contribution is 2.25. The van der Waals surface area contributed by atoms with Crippen LogP contribution in [-0.2, 0) is 6.42 Å². The van der Waals surface area contributed by atoms with E-state index < -0.39 is 0 Å². The summed E-state index contributed by atoms with van der Waals surface area (Å²) in [4.78, 5) is 4.69. The minimum atomic E-state index is -0.0205. The zero-order valence-corrected chi connectivity index (χ0v) is 13.8. The summed E-state index contributed by atoms with van der Waals surface area (Å²) in [5.74, 6) is 0. The molecule has 0 bridgehead atoms. The molecule has 1 aromatic heterocycles. The van der Waals surface area contributed by atoms with E-state index in [2.05, 4.69) is 45.6 Å². The van der Waals surface area contributed by atoms with Crippen LogP contribution in [0.25, 0.3) is 11.3 Å². The number of aromatic nitrogens is 1. The van der Waals surface area contributed by atoms with E-state index in [4.69, 9.17) is 10.7 Å². The first-order valence-electron chi connectivity index (χ1n) is 6.73. The molecule has 0 radical (unpaired) electrons. The van der Waals surface area contributed by atoms with Gasteiger partial charge in [0, 0.05) is 27.9 Å². The van der Waals surface area contributed by atoms with Crippen molar-refractivity contribution in [2.45, 2.75) is 12.5 Å². The third kappa shape index (κ3) is 3.59. The van der Waals surface area contributed by atoms with Gasteiger partial charge in [-0.15, -0.1) is 11.3 Å². The van der Waals surface area contributed by atoms with E-state index >= 15 is 0 Å². The smallest absolute Gasteiger partial charge is 0.0951 e. The zero-order chi connectivity index (χ0) is 14.7. The van der Waals surface area contributed by atoms with Crippen molar-refractivity contribution in [3.63, 3.8) is 0 Å². The van der Waals surface area contributed by atoms with E-state index in [0.29, 0.717) is 0 Å². The zero-order valence-electron chi connectivity index (χ0n) is 11.4. The van der Waals surface area contributed by atoms with E-state index in [1.807, 2.05) is 30.3 Å². The average Bonchev–Trinajstić information content (AvgIpc) is 2.97. The van der Waals surface area contributed by atoms with Gasteiger partial charge in [-0.3, -0.25) is 0 Å². The maximum atomic E-state index is 6.28. The molecule has 0 aliphatic carbocycles. The first kappa shape index (κ1) is 14.4. The lowest BCUT2D eigenvalue weighted by Crippen LogP contribution is -2.13. The SMILES string of the molecule is NC(Cc1nc(-c2ccccc2)cs1)c1ccc(Br)cc1. The molecule has 0 spiro atoms. The Morgan fingerprint density at radius 3 is 2.48 bits per heavy atom. The van der Waals surface area contributed by atoms with Gasteiger partial charge in [0.05, 0.1) is 10.7 Å². The molecule has 1 atom stereocenters. The van der Waals surface area contributed by atoms with Gasteiger partial charge in [-0.1, -0.05) is 58.4 Å². The van der Waals surface area contributed by atoms with Crippen molar-refractivity contribution < 1.29 is 0 Å². The van der Waals surface area contributed by atoms with Crippen molar-refractivity contribution in [1.29, 1.82) is 0 Å². The minimum Gasteiger partial charge on any atom is -0.324 e. The number of nitrogens with two attached hydrogens (primary N) is 1. The van der Waals surface area contributed by atoms with Gasteiger partial charge in [0.1, 0.15) is 0 Å². The van der Waals surface area contributed by atoms with Crippen LogP contribution in [0.4, 0.5) is 0 Å². The summed E-state index contributed by atoms with van der Waals surface area (Å²) in [7, 11) is 0. The summed E-state index contributed by atoms with van der Waals surface area (Å²) in [5.41, 5.74) is 9.59. The fourth-order valence-corrected chi connectivity index (χ4v) is 3.29. The van der Waals surface area contributed by atoms with E-state index in [1.54, 1.807) is 11.3 Å². The van der Waals surface area contributed by atoms with Crippen LogP contribution in [0.5, 0.6) is 0 Å². The molecule has 3 rings (SSSR count). The third-order valence-corrected chi connectivity index (χ3v) is 4.71. The van der Waals surface area contributed by atoms with Gasteiger partial charge in [-0.2, -0.15) is 0 Å². The van der Waals surface area contributed by atoms with Crippen LogP contribution in [0, 0.1) is 0 Å². The van der Waals surface area contributed by atoms with Crippen LogP contribution < -0.4 is 5.73 Å². The molecule has 0 saturated heterocycles. The summed E-state index contributed by atoms with van der Waals surface area (Å²) in [6, 6.07) is 18.4. The highest BCUT2D eigenvalue weighted by molar-refractivity contribution is 9.10. The quantitative estimate of drug-likeness (QED) is 0.726. The molecule has 0 aliphatic rings. The van der Waals surface area contributed by atoms with Crippen molar-refractivity contribution in [2.75, 3.05) is 0 Å². The molecular formula is C17H15BrN2S. The van der Waals surface area contributed by atoms with Gasteiger partial charge in [0.2, 0.25) is 0 Å². The molecule has 2 nitrogen and oxygen atoms in total. The summed E-state index contributed by atoms with van der Waals surface area (Å²) in [5, 5.41) is 3.17. The Balaban J connectivity index is 1.74. The molecule has 3 aromatic rings. The number of thiazole rings is 1. The second-order valence-corrected chi connectivity index (χ2v) is 6.71. The molecule has 4 heteroatoms. The monoisotopic (exact) mass is 358 g/mol. The van der Waals surface area contributed by atoms with Crippen molar-refractivity contribution in [1.82, 2.24) is 4.98 Å². The Morgan fingerprint density at radius 1 is 1.05 bits per heavy atom. The van der Waals surface area contributed by atoms with Crippen molar-refractivity contribution in [3.05, 3.63) is 75.0 Å². The average molecular weight is 359 g/mol. The highest BCUT2D eigenvalue weighted by atomic mass is 79.9. The molecule has 2 aromatic carbocycles. The first-order chi connectivity index (χ1) is 10.2. The second-order valence-electron chi connectivity index (χ2n) is 4.85. The van der Waals surface area contributed by atoms with Crippen LogP contribution in [0.3, 0.4) is 0 Å². The van der Waals surface area contributed by atoms with Gasteiger partial charge >= 0.3 is 0 Å². The lowest BCUT2D eigenvalue weighted by Gasteiger charge is -2.10. The predicted octanol–water partition coefficient (Wildman–Crippen LogP) is 4.82. The summed E-state index contributed by atoms with van der Waals surface area (Å²) < 4.78 is 1.07. The van der Waals surface area contributed by atoms with Crippen LogP contribution in [-0.4, -0.2) is 4.98 Å². The Kier molecular flexibility index (Phi) is 4.48. The Bertz CT molecular complexity index is 707. The highest BCUT2D eigenvalue weighted by Gasteiger charge is 2.11. The number of nitrogens with zero attached hydrogens (tertiary/aromatic N) is 1. The standard InChI is InChI=1S/C17H15BrN2S/c18-14-8-6-12(7-9-14)15(19)10-17-20-16(11-21-17)13-4-2-1-3-5-13/h1-9,11,15H,10,19H2. The fraction of sp³-hybridized carbons (Fsp3) is 0.118. The van der Waals surface area contributed by atoms with E-state index in [1.165, 1.54) is 0 Å². The minimum absolute atomic E-state index is 0.0205. The van der Waals surface area contributed by atoms with Crippen molar-refractivity contribution >= 4 is 27.3 Å². The molecule has 21 heavy (non-hydrogen) atoms. The van der Waals surface area contributed by atoms with Gasteiger partial charge in [-0.25, -0.2) is 4.98 Å². The Morgan fingerprint density at radius 2 is 1.76 bits per heavy atom. The summed E-state index contributed by atoms with van der Waals surface area (Å²) in [6.07, 6.45) is 0.763. The second kappa shape index (κ2) is 6.52. The van der Waals surface area contributed by atoms with Gasteiger partial charge in [0.15, 0.2) is 0 Å².